The van der Waals surface area contributed by atoms with Crippen molar-refractivity contribution in [2.45, 2.75) is 37.6 Å². The highest BCUT2D eigenvalue weighted by molar-refractivity contribution is 7.89. The van der Waals surface area contributed by atoms with Crippen LogP contribution in [-0.4, -0.2) is 30.7 Å². The Morgan fingerprint density at radius 1 is 1.33 bits per heavy atom. The number of hydrogen-bond donors (Lipinski definition) is 2. The number of aryl methyl sites for hydroxylation is 1. The molecule has 1 unspecified atom stereocenters. The fourth-order valence-corrected chi connectivity index (χ4v) is 3.79. The monoisotopic (exact) mass is 308 g/mol. The molecular weight excluding hydrogens is 288 g/mol. The topological polar surface area (TPSA) is 79.3 Å². The van der Waals surface area contributed by atoms with Crippen molar-refractivity contribution in [3.05, 3.63) is 36.0 Å². The third-order valence-corrected chi connectivity index (χ3v) is 5.43. The molecule has 0 radical (unpaired) electrons. The smallest absolute Gasteiger partial charge is 0.241 e. The molecular formula is C15H20N2O3S. The summed E-state index contributed by atoms with van der Waals surface area (Å²) in [4.78, 5) is 4.43. The highest BCUT2D eigenvalue weighted by Gasteiger charge is 2.29. The van der Waals surface area contributed by atoms with Gasteiger partial charge in [-0.25, -0.2) is 13.1 Å². The lowest BCUT2D eigenvalue weighted by atomic mass is 10.0. The molecule has 0 amide bonds. The minimum absolute atomic E-state index is 0.185. The van der Waals surface area contributed by atoms with Crippen molar-refractivity contribution in [3.8, 4) is 0 Å². The molecule has 0 aliphatic rings. The van der Waals surface area contributed by atoms with E-state index < -0.39 is 15.6 Å². The van der Waals surface area contributed by atoms with Gasteiger partial charge in [0.2, 0.25) is 10.0 Å². The minimum atomic E-state index is -3.74. The zero-order valence-corrected chi connectivity index (χ0v) is 13.2. The molecule has 1 aromatic heterocycles. The molecule has 21 heavy (non-hydrogen) atoms. The number of pyridine rings is 1. The van der Waals surface area contributed by atoms with Gasteiger partial charge in [-0.3, -0.25) is 4.98 Å². The lowest BCUT2D eigenvalue weighted by molar-refractivity contribution is 0.191. The van der Waals surface area contributed by atoms with Crippen LogP contribution in [0.5, 0.6) is 0 Å². The number of rotatable bonds is 5. The molecule has 1 atom stereocenters. The van der Waals surface area contributed by atoms with Gasteiger partial charge in [0.05, 0.1) is 22.6 Å². The molecule has 2 aromatic rings. The molecule has 0 aliphatic carbocycles. The van der Waals surface area contributed by atoms with Gasteiger partial charge >= 0.3 is 0 Å². The van der Waals surface area contributed by atoms with Crippen LogP contribution in [-0.2, 0) is 10.0 Å². The summed E-state index contributed by atoms with van der Waals surface area (Å²) in [6, 6.07) is 6.78. The minimum Gasteiger partial charge on any atom is -0.394 e. The van der Waals surface area contributed by atoms with Crippen molar-refractivity contribution < 1.29 is 13.5 Å². The number of aliphatic hydroxyl groups is 1. The van der Waals surface area contributed by atoms with E-state index in [-0.39, 0.29) is 11.5 Å². The highest BCUT2D eigenvalue weighted by atomic mass is 32.2. The first-order chi connectivity index (χ1) is 9.83. The van der Waals surface area contributed by atoms with Crippen LogP contribution in [0.25, 0.3) is 10.9 Å². The van der Waals surface area contributed by atoms with E-state index in [1.807, 2.05) is 13.8 Å². The zero-order valence-electron chi connectivity index (χ0n) is 12.4. The fraction of sp³-hybridized carbons (Fsp3) is 0.400. The molecule has 114 valence electrons. The van der Waals surface area contributed by atoms with Crippen LogP contribution < -0.4 is 4.72 Å². The van der Waals surface area contributed by atoms with E-state index in [2.05, 4.69) is 9.71 Å². The Labute approximate surface area is 125 Å². The van der Waals surface area contributed by atoms with E-state index in [0.717, 1.165) is 5.56 Å². The average molecular weight is 308 g/mol. The molecule has 1 aromatic carbocycles. The maximum absolute atomic E-state index is 12.6. The number of nitrogens with one attached hydrogen (secondary N) is 1. The Morgan fingerprint density at radius 3 is 2.67 bits per heavy atom. The Balaban J connectivity index is 2.59. The van der Waals surface area contributed by atoms with Crippen LogP contribution >= 0.6 is 0 Å². The van der Waals surface area contributed by atoms with Gasteiger partial charge in [-0.15, -0.1) is 0 Å². The van der Waals surface area contributed by atoms with Crippen LogP contribution in [0.2, 0.25) is 0 Å². The first-order valence-electron chi connectivity index (χ1n) is 6.82. The van der Waals surface area contributed by atoms with Crippen molar-refractivity contribution in [2.75, 3.05) is 6.61 Å². The van der Waals surface area contributed by atoms with E-state index in [4.69, 9.17) is 0 Å². The van der Waals surface area contributed by atoms with Crippen molar-refractivity contribution in [1.29, 1.82) is 0 Å². The van der Waals surface area contributed by atoms with Gasteiger partial charge in [0, 0.05) is 11.6 Å². The molecule has 2 rings (SSSR count). The van der Waals surface area contributed by atoms with Crippen molar-refractivity contribution in [2.24, 2.45) is 0 Å². The molecule has 0 saturated carbocycles. The third-order valence-electron chi connectivity index (χ3n) is 3.73. The molecule has 0 fully saturated rings. The summed E-state index contributed by atoms with van der Waals surface area (Å²) in [7, 11) is -3.74. The second-order valence-electron chi connectivity index (χ2n) is 5.46. The average Bonchev–Trinajstić information content (AvgIpc) is 2.47. The van der Waals surface area contributed by atoms with E-state index >= 15 is 0 Å². The maximum atomic E-state index is 12.6. The second-order valence-corrected chi connectivity index (χ2v) is 7.11. The van der Waals surface area contributed by atoms with E-state index in [1.54, 1.807) is 37.4 Å². The molecule has 1 heterocycles. The second kappa shape index (κ2) is 5.71. The number of nitrogens with zero attached hydrogens (tertiary/aromatic N) is 1. The zero-order chi connectivity index (χ0) is 15.7. The van der Waals surface area contributed by atoms with Crippen molar-refractivity contribution in [1.82, 2.24) is 9.71 Å². The molecule has 0 spiro atoms. The lowest BCUT2D eigenvalue weighted by Gasteiger charge is -2.27. The van der Waals surface area contributed by atoms with E-state index in [0.29, 0.717) is 17.3 Å². The van der Waals surface area contributed by atoms with Gasteiger partial charge in [0.15, 0.2) is 0 Å². The molecule has 0 aliphatic heterocycles. The van der Waals surface area contributed by atoms with Gasteiger partial charge < -0.3 is 5.11 Å². The SMILES string of the molecule is CCC(C)(CO)NS(=O)(=O)c1ccc(C)c2ncccc12. The van der Waals surface area contributed by atoms with Gasteiger partial charge in [0.25, 0.3) is 0 Å². The van der Waals surface area contributed by atoms with Crippen LogP contribution in [0.3, 0.4) is 0 Å². The standard InChI is InChI=1S/C15H20N2O3S/c1-4-15(3,10-18)17-21(19,20)13-8-7-11(2)14-12(13)6-5-9-16-14/h5-9,17-18H,4,10H2,1-3H3. The van der Waals surface area contributed by atoms with Crippen LogP contribution in [0.15, 0.2) is 35.4 Å². The summed E-state index contributed by atoms with van der Waals surface area (Å²) in [6.45, 7) is 5.14. The van der Waals surface area contributed by atoms with Gasteiger partial charge in [0.1, 0.15) is 0 Å². The summed E-state index contributed by atoms with van der Waals surface area (Å²) < 4.78 is 27.9. The number of sulfonamides is 1. The van der Waals surface area contributed by atoms with Gasteiger partial charge in [-0.05, 0) is 44.0 Å². The Kier molecular flexibility index (Phi) is 4.32. The van der Waals surface area contributed by atoms with Crippen molar-refractivity contribution >= 4 is 20.9 Å². The summed E-state index contributed by atoms with van der Waals surface area (Å²) in [5.41, 5.74) is 0.714. The number of aromatic nitrogens is 1. The maximum Gasteiger partial charge on any atom is 0.241 e. The lowest BCUT2D eigenvalue weighted by Crippen LogP contribution is -2.48. The predicted molar refractivity (Wildman–Crippen MR) is 82.6 cm³/mol. The molecule has 0 bridgehead atoms. The third kappa shape index (κ3) is 3.07. The Bertz CT molecular complexity index is 753. The number of benzene rings is 1. The normalized spacial score (nSPS) is 15.0. The Morgan fingerprint density at radius 2 is 2.05 bits per heavy atom. The van der Waals surface area contributed by atoms with E-state index in [9.17, 15) is 13.5 Å². The van der Waals surface area contributed by atoms with Crippen LogP contribution in [0.4, 0.5) is 0 Å². The van der Waals surface area contributed by atoms with Crippen LogP contribution in [0, 0.1) is 6.92 Å². The van der Waals surface area contributed by atoms with Gasteiger partial charge in [-0.1, -0.05) is 13.0 Å². The molecule has 2 N–H and O–H groups in total. The summed E-state index contributed by atoms with van der Waals surface area (Å²) in [5.74, 6) is 0. The first-order valence-corrected chi connectivity index (χ1v) is 8.30. The summed E-state index contributed by atoms with van der Waals surface area (Å²) in [5, 5.41) is 10.00. The summed E-state index contributed by atoms with van der Waals surface area (Å²) >= 11 is 0. The Hall–Kier alpha value is -1.50. The highest BCUT2D eigenvalue weighted by Crippen LogP contribution is 2.25. The quantitative estimate of drug-likeness (QED) is 0.885. The number of aliphatic hydroxyl groups excluding tert-OH is 1. The van der Waals surface area contributed by atoms with E-state index in [1.165, 1.54) is 0 Å². The predicted octanol–water partition coefficient (Wildman–Crippen LogP) is 1.98. The van der Waals surface area contributed by atoms with Crippen LogP contribution in [0.1, 0.15) is 25.8 Å². The summed E-state index contributed by atoms with van der Waals surface area (Å²) in [6.07, 6.45) is 2.13. The molecule has 6 heteroatoms. The number of hydrogen-bond acceptors (Lipinski definition) is 4. The number of fused-ring (bicyclic) bond motifs is 1. The fourth-order valence-electron chi connectivity index (χ4n) is 2.12. The molecule has 5 nitrogen and oxygen atoms in total. The molecule has 0 saturated heterocycles. The largest absolute Gasteiger partial charge is 0.394 e. The van der Waals surface area contributed by atoms with Gasteiger partial charge in [-0.2, -0.15) is 0 Å². The van der Waals surface area contributed by atoms with Crippen molar-refractivity contribution in [3.63, 3.8) is 0 Å². The first kappa shape index (κ1) is 15.9.